The van der Waals surface area contributed by atoms with E-state index in [-0.39, 0.29) is 4.90 Å². The van der Waals surface area contributed by atoms with E-state index in [1.807, 2.05) is 0 Å². The SMILES string of the molecule is CN=C(NCCc1ccc(S(N)(=O)=O)cc1)NC1CCN(Cc2ccccc2)C(C)C1. The Kier molecular flexibility index (Phi) is 8.06. The maximum Gasteiger partial charge on any atom is 0.238 e. The standard InChI is InChI=1S/C23H33N5O2S/c1-18-16-21(13-15-28(18)17-20-6-4-3-5-7-20)27-23(25-2)26-14-12-19-8-10-22(11-9-19)31(24,29)30/h3-11,18,21H,12-17H2,1-2H3,(H2,24,29,30)(H2,25,26,27). The Morgan fingerprint density at radius 1 is 1.13 bits per heavy atom. The molecule has 1 aliphatic rings. The van der Waals surface area contributed by atoms with Gasteiger partial charge in [0.2, 0.25) is 10.0 Å². The molecule has 0 saturated carbocycles. The lowest BCUT2D eigenvalue weighted by atomic mass is 9.97. The number of primary sulfonamides is 1. The number of nitrogens with zero attached hydrogens (tertiary/aromatic N) is 2. The molecule has 7 nitrogen and oxygen atoms in total. The first-order valence-corrected chi connectivity index (χ1v) is 12.3. The molecule has 31 heavy (non-hydrogen) atoms. The molecule has 2 aromatic rings. The molecular weight excluding hydrogens is 410 g/mol. The summed E-state index contributed by atoms with van der Waals surface area (Å²) in [6.07, 6.45) is 2.91. The molecule has 1 aliphatic heterocycles. The molecule has 2 aromatic carbocycles. The Morgan fingerprint density at radius 3 is 2.45 bits per heavy atom. The van der Waals surface area contributed by atoms with E-state index in [0.717, 1.165) is 43.9 Å². The fourth-order valence-electron chi connectivity index (χ4n) is 3.96. The highest BCUT2D eigenvalue weighted by atomic mass is 32.2. The predicted molar refractivity (Wildman–Crippen MR) is 125 cm³/mol. The van der Waals surface area contributed by atoms with E-state index in [9.17, 15) is 8.42 Å². The van der Waals surface area contributed by atoms with Crippen molar-refractivity contribution in [3.05, 3.63) is 65.7 Å². The van der Waals surface area contributed by atoms with Crippen molar-refractivity contribution in [2.24, 2.45) is 10.1 Å². The molecule has 0 radical (unpaired) electrons. The fraction of sp³-hybridized carbons (Fsp3) is 0.435. The molecule has 8 heteroatoms. The number of likely N-dealkylation sites (tertiary alicyclic amines) is 1. The second-order valence-corrected chi connectivity index (χ2v) is 9.67. The Morgan fingerprint density at radius 2 is 1.84 bits per heavy atom. The zero-order valence-corrected chi connectivity index (χ0v) is 19.1. The zero-order valence-electron chi connectivity index (χ0n) is 18.3. The summed E-state index contributed by atoms with van der Waals surface area (Å²) in [5.41, 5.74) is 2.40. The van der Waals surface area contributed by atoms with Crippen molar-refractivity contribution >= 4 is 16.0 Å². The highest BCUT2D eigenvalue weighted by Crippen LogP contribution is 2.20. The normalized spacial score (nSPS) is 20.4. The van der Waals surface area contributed by atoms with Crippen molar-refractivity contribution in [2.45, 2.75) is 49.7 Å². The predicted octanol–water partition coefficient (Wildman–Crippen LogP) is 2.09. The van der Waals surface area contributed by atoms with Crippen LogP contribution in [0.1, 0.15) is 30.9 Å². The van der Waals surface area contributed by atoms with Gasteiger partial charge in [-0.3, -0.25) is 9.89 Å². The van der Waals surface area contributed by atoms with Gasteiger partial charge in [0.15, 0.2) is 5.96 Å². The topological polar surface area (TPSA) is 99.8 Å². The number of nitrogens with two attached hydrogens (primary N) is 1. The minimum atomic E-state index is -3.65. The van der Waals surface area contributed by atoms with E-state index in [1.54, 1.807) is 31.3 Å². The zero-order chi connectivity index (χ0) is 22.3. The Hall–Kier alpha value is -2.42. The Bertz CT molecular complexity index is 961. The first kappa shape index (κ1) is 23.2. The average Bonchev–Trinajstić information content (AvgIpc) is 2.75. The van der Waals surface area contributed by atoms with Gasteiger partial charge < -0.3 is 10.6 Å². The van der Waals surface area contributed by atoms with Crippen molar-refractivity contribution in [3.63, 3.8) is 0 Å². The second-order valence-electron chi connectivity index (χ2n) is 8.11. The Balaban J connectivity index is 1.43. The van der Waals surface area contributed by atoms with Crippen molar-refractivity contribution in [3.8, 4) is 0 Å². The van der Waals surface area contributed by atoms with E-state index in [1.165, 1.54) is 5.56 Å². The van der Waals surface area contributed by atoms with E-state index in [4.69, 9.17) is 5.14 Å². The number of nitrogens with one attached hydrogen (secondary N) is 2. The minimum Gasteiger partial charge on any atom is -0.356 e. The molecule has 1 saturated heterocycles. The summed E-state index contributed by atoms with van der Waals surface area (Å²) < 4.78 is 22.7. The van der Waals surface area contributed by atoms with Gasteiger partial charge in [0.25, 0.3) is 0 Å². The van der Waals surface area contributed by atoms with Gasteiger partial charge in [0, 0.05) is 38.8 Å². The summed E-state index contributed by atoms with van der Waals surface area (Å²) in [5.74, 6) is 0.801. The van der Waals surface area contributed by atoms with Crippen LogP contribution >= 0.6 is 0 Å². The molecule has 0 amide bonds. The van der Waals surface area contributed by atoms with Gasteiger partial charge >= 0.3 is 0 Å². The number of aliphatic imine (C=N–C) groups is 1. The molecular formula is C23H33N5O2S. The number of guanidine groups is 1. The largest absolute Gasteiger partial charge is 0.356 e. The molecule has 168 valence electrons. The number of piperidine rings is 1. The van der Waals surface area contributed by atoms with Crippen LogP contribution in [-0.4, -0.2) is 51.5 Å². The number of benzene rings is 2. The maximum atomic E-state index is 11.3. The third-order valence-corrected chi connectivity index (χ3v) is 6.69. The lowest BCUT2D eigenvalue weighted by Crippen LogP contribution is -2.51. The van der Waals surface area contributed by atoms with Crippen LogP contribution in [0.5, 0.6) is 0 Å². The number of sulfonamides is 1. The third-order valence-electron chi connectivity index (χ3n) is 5.76. The molecule has 4 N–H and O–H groups in total. The molecule has 0 spiro atoms. The van der Waals surface area contributed by atoms with Gasteiger partial charge in [-0.25, -0.2) is 13.6 Å². The maximum absolute atomic E-state index is 11.3. The van der Waals surface area contributed by atoms with Crippen LogP contribution in [0, 0.1) is 0 Å². The summed E-state index contributed by atoms with van der Waals surface area (Å²) >= 11 is 0. The van der Waals surface area contributed by atoms with Gasteiger partial charge in [-0.2, -0.15) is 0 Å². The number of hydrogen-bond acceptors (Lipinski definition) is 4. The molecule has 2 atom stereocenters. The van der Waals surface area contributed by atoms with Crippen molar-refractivity contribution in [1.82, 2.24) is 15.5 Å². The van der Waals surface area contributed by atoms with Crippen molar-refractivity contribution < 1.29 is 8.42 Å². The molecule has 0 bridgehead atoms. The first-order chi connectivity index (χ1) is 14.8. The van der Waals surface area contributed by atoms with Gasteiger partial charge in [-0.05, 0) is 49.4 Å². The van der Waals surface area contributed by atoms with Crippen LogP contribution < -0.4 is 15.8 Å². The van der Waals surface area contributed by atoms with Gasteiger partial charge in [0.05, 0.1) is 4.90 Å². The van der Waals surface area contributed by atoms with E-state index < -0.39 is 10.0 Å². The third kappa shape index (κ3) is 7.05. The minimum absolute atomic E-state index is 0.134. The summed E-state index contributed by atoms with van der Waals surface area (Å²) in [5, 5.41) is 12.1. The molecule has 1 heterocycles. The summed E-state index contributed by atoms with van der Waals surface area (Å²) in [7, 11) is -1.87. The Labute approximate surface area is 185 Å². The molecule has 0 aliphatic carbocycles. The summed E-state index contributed by atoms with van der Waals surface area (Å²) in [6, 6.07) is 18.2. The van der Waals surface area contributed by atoms with Crippen LogP contribution in [0.3, 0.4) is 0 Å². The van der Waals surface area contributed by atoms with E-state index in [0.29, 0.717) is 18.6 Å². The average molecular weight is 444 g/mol. The van der Waals surface area contributed by atoms with E-state index >= 15 is 0 Å². The van der Waals surface area contributed by atoms with Crippen molar-refractivity contribution in [1.29, 1.82) is 0 Å². The lowest BCUT2D eigenvalue weighted by Gasteiger charge is -2.38. The lowest BCUT2D eigenvalue weighted by molar-refractivity contribution is 0.134. The smallest absolute Gasteiger partial charge is 0.238 e. The molecule has 0 aromatic heterocycles. The van der Waals surface area contributed by atoms with E-state index in [2.05, 4.69) is 57.8 Å². The van der Waals surface area contributed by atoms with Gasteiger partial charge in [-0.1, -0.05) is 42.5 Å². The molecule has 2 unspecified atom stereocenters. The summed E-state index contributed by atoms with van der Waals surface area (Å²) in [6.45, 7) is 5.04. The van der Waals surface area contributed by atoms with Crippen LogP contribution in [0.4, 0.5) is 0 Å². The number of rotatable bonds is 7. The first-order valence-electron chi connectivity index (χ1n) is 10.7. The molecule has 1 fully saturated rings. The highest BCUT2D eigenvalue weighted by Gasteiger charge is 2.25. The highest BCUT2D eigenvalue weighted by molar-refractivity contribution is 7.89. The van der Waals surface area contributed by atoms with Crippen LogP contribution in [0.15, 0.2) is 64.5 Å². The van der Waals surface area contributed by atoms with Crippen molar-refractivity contribution in [2.75, 3.05) is 20.1 Å². The van der Waals surface area contributed by atoms with Gasteiger partial charge in [0.1, 0.15) is 0 Å². The number of hydrogen-bond donors (Lipinski definition) is 3. The van der Waals surface area contributed by atoms with Crippen LogP contribution in [0.2, 0.25) is 0 Å². The second kappa shape index (κ2) is 10.7. The quantitative estimate of drug-likeness (QED) is 0.450. The van der Waals surface area contributed by atoms with Gasteiger partial charge in [-0.15, -0.1) is 0 Å². The van der Waals surface area contributed by atoms with Crippen LogP contribution in [0.25, 0.3) is 0 Å². The summed E-state index contributed by atoms with van der Waals surface area (Å²) in [4.78, 5) is 7.03. The fourth-order valence-corrected chi connectivity index (χ4v) is 4.48. The molecule has 3 rings (SSSR count). The van der Waals surface area contributed by atoms with Crippen LogP contribution in [-0.2, 0) is 23.0 Å². The monoisotopic (exact) mass is 443 g/mol.